The van der Waals surface area contributed by atoms with Crippen molar-refractivity contribution in [3.63, 3.8) is 0 Å². The zero-order chi connectivity index (χ0) is 13.2. The minimum Gasteiger partial charge on any atom is -0.504 e. The summed E-state index contributed by atoms with van der Waals surface area (Å²) in [4.78, 5) is 10.8. The molecule has 2 N–H and O–H groups in total. The molecule has 0 bridgehead atoms. The number of phenols is 1. The smallest absolute Gasteiger partial charge is 0.306 e. The summed E-state index contributed by atoms with van der Waals surface area (Å²) in [5, 5.41) is 18.8. The summed E-state index contributed by atoms with van der Waals surface area (Å²) in [7, 11) is 1.47. The molecule has 1 rings (SSSR count). The largest absolute Gasteiger partial charge is 0.504 e. The number of benzene rings is 1. The van der Waals surface area contributed by atoms with Gasteiger partial charge in [0.05, 0.1) is 13.0 Å². The van der Waals surface area contributed by atoms with Gasteiger partial charge in [-0.15, -0.1) is 0 Å². The lowest BCUT2D eigenvalue weighted by Crippen LogP contribution is -2.13. The third kappa shape index (κ3) is 2.70. The maximum Gasteiger partial charge on any atom is 0.306 e. The van der Waals surface area contributed by atoms with Gasteiger partial charge in [0.25, 0.3) is 0 Å². The van der Waals surface area contributed by atoms with E-state index in [2.05, 4.69) is 0 Å². The van der Waals surface area contributed by atoms with E-state index in [1.165, 1.54) is 7.11 Å². The summed E-state index contributed by atoms with van der Waals surface area (Å²) < 4.78 is 5.15. The van der Waals surface area contributed by atoms with Gasteiger partial charge in [-0.05, 0) is 37.0 Å². The molecule has 1 aromatic carbocycles. The van der Waals surface area contributed by atoms with Gasteiger partial charge in [0.2, 0.25) is 0 Å². The van der Waals surface area contributed by atoms with Crippen LogP contribution in [0.5, 0.6) is 11.5 Å². The number of hydrogen-bond donors (Lipinski definition) is 2. The molecule has 0 aliphatic heterocycles. The Morgan fingerprint density at radius 3 is 2.53 bits per heavy atom. The van der Waals surface area contributed by atoms with Crippen molar-refractivity contribution >= 4 is 5.97 Å². The predicted octanol–water partition coefficient (Wildman–Crippen LogP) is 2.28. The van der Waals surface area contributed by atoms with Crippen LogP contribution in [0, 0.1) is 19.8 Å². The van der Waals surface area contributed by atoms with Gasteiger partial charge in [0, 0.05) is 0 Å². The van der Waals surface area contributed by atoms with Crippen molar-refractivity contribution in [2.75, 3.05) is 7.11 Å². The molecule has 1 atom stereocenters. The lowest BCUT2D eigenvalue weighted by Gasteiger charge is -2.15. The van der Waals surface area contributed by atoms with Crippen LogP contribution in [0.15, 0.2) is 6.07 Å². The van der Waals surface area contributed by atoms with Gasteiger partial charge in [0.1, 0.15) is 0 Å². The third-order valence-corrected chi connectivity index (χ3v) is 3.00. The monoisotopic (exact) mass is 238 g/mol. The topological polar surface area (TPSA) is 66.8 Å². The van der Waals surface area contributed by atoms with E-state index in [9.17, 15) is 9.90 Å². The zero-order valence-corrected chi connectivity index (χ0v) is 10.6. The number of methoxy groups -OCH3 is 1. The molecule has 4 heteroatoms. The predicted molar refractivity (Wildman–Crippen MR) is 64.6 cm³/mol. The van der Waals surface area contributed by atoms with Crippen LogP contribution in [0.3, 0.4) is 0 Å². The molecule has 0 amide bonds. The number of rotatable bonds is 4. The molecule has 0 spiro atoms. The molecule has 1 aromatic rings. The number of carbonyl (C=O) groups is 1. The molecule has 17 heavy (non-hydrogen) atoms. The SMILES string of the molecule is COc1c(CC(C)C(=O)O)cc(C)c(C)c1O. The van der Waals surface area contributed by atoms with E-state index in [-0.39, 0.29) is 5.75 Å². The second-order valence-corrected chi connectivity index (χ2v) is 4.30. The molecular formula is C13H18O4. The molecule has 94 valence electrons. The number of phenolic OH excluding ortho intramolecular Hbond substituents is 1. The van der Waals surface area contributed by atoms with E-state index in [0.717, 1.165) is 16.7 Å². The standard InChI is InChI=1S/C13H18O4/c1-7-5-10(6-8(2)13(15)16)12(17-4)11(14)9(7)3/h5,8,14H,6H2,1-4H3,(H,15,16). The summed E-state index contributed by atoms with van der Waals surface area (Å²) in [5.74, 6) is -0.892. The quantitative estimate of drug-likeness (QED) is 0.844. The summed E-state index contributed by atoms with van der Waals surface area (Å²) in [5.41, 5.74) is 2.41. The summed E-state index contributed by atoms with van der Waals surface area (Å²) >= 11 is 0. The average molecular weight is 238 g/mol. The lowest BCUT2D eigenvalue weighted by molar-refractivity contribution is -0.141. The number of aliphatic carboxylic acids is 1. The number of aromatic hydroxyl groups is 1. The molecular weight excluding hydrogens is 220 g/mol. The van der Waals surface area contributed by atoms with Crippen molar-refractivity contribution in [3.05, 3.63) is 22.8 Å². The van der Waals surface area contributed by atoms with Crippen LogP contribution < -0.4 is 4.74 Å². The molecule has 0 saturated carbocycles. The Balaban J connectivity index is 3.19. The Morgan fingerprint density at radius 1 is 1.47 bits per heavy atom. The highest BCUT2D eigenvalue weighted by Crippen LogP contribution is 2.36. The molecule has 0 aromatic heterocycles. The molecule has 0 aliphatic carbocycles. The van der Waals surface area contributed by atoms with Gasteiger partial charge in [-0.25, -0.2) is 0 Å². The van der Waals surface area contributed by atoms with Gasteiger partial charge < -0.3 is 14.9 Å². The van der Waals surface area contributed by atoms with Crippen LogP contribution in [0.4, 0.5) is 0 Å². The van der Waals surface area contributed by atoms with Gasteiger partial charge in [0.15, 0.2) is 11.5 Å². The minimum atomic E-state index is -0.857. The van der Waals surface area contributed by atoms with Crippen molar-refractivity contribution in [1.29, 1.82) is 0 Å². The summed E-state index contributed by atoms with van der Waals surface area (Å²) in [6, 6.07) is 1.87. The van der Waals surface area contributed by atoms with Crippen LogP contribution in [0.2, 0.25) is 0 Å². The average Bonchev–Trinajstić information content (AvgIpc) is 2.26. The Labute approximate surface area is 101 Å². The van der Waals surface area contributed by atoms with E-state index in [1.807, 2.05) is 13.0 Å². The van der Waals surface area contributed by atoms with E-state index < -0.39 is 11.9 Å². The first-order chi connectivity index (χ1) is 7.88. The fourth-order valence-corrected chi connectivity index (χ4v) is 1.74. The normalized spacial score (nSPS) is 12.2. The second kappa shape index (κ2) is 5.08. The number of hydrogen-bond acceptors (Lipinski definition) is 3. The lowest BCUT2D eigenvalue weighted by atomic mass is 9.96. The Hall–Kier alpha value is -1.71. The van der Waals surface area contributed by atoms with Crippen LogP contribution >= 0.6 is 0 Å². The molecule has 0 heterocycles. The fraction of sp³-hybridized carbons (Fsp3) is 0.462. The molecule has 0 fully saturated rings. The van der Waals surface area contributed by atoms with E-state index >= 15 is 0 Å². The minimum absolute atomic E-state index is 0.0973. The molecule has 1 unspecified atom stereocenters. The maximum absolute atomic E-state index is 10.8. The van der Waals surface area contributed by atoms with Gasteiger partial charge in [-0.2, -0.15) is 0 Å². The molecule has 0 radical (unpaired) electrons. The van der Waals surface area contributed by atoms with Crippen LogP contribution in [0.1, 0.15) is 23.6 Å². The van der Waals surface area contributed by atoms with E-state index in [4.69, 9.17) is 9.84 Å². The van der Waals surface area contributed by atoms with Crippen molar-refractivity contribution in [3.8, 4) is 11.5 Å². The first-order valence-electron chi connectivity index (χ1n) is 5.47. The third-order valence-electron chi connectivity index (χ3n) is 3.00. The van der Waals surface area contributed by atoms with Crippen molar-refractivity contribution in [1.82, 2.24) is 0 Å². The molecule has 0 aliphatic rings. The van der Waals surface area contributed by atoms with Crippen molar-refractivity contribution in [2.24, 2.45) is 5.92 Å². The first-order valence-corrected chi connectivity index (χ1v) is 5.47. The van der Waals surface area contributed by atoms with Gasteiger partial charge in [-0.3, -0.25) is 4.79 Å². The van der Waals surface area contributed by atoms with Gasteiger partial charge >= 0.3 is 5.97 Å². The maximum atomic E-state index is 10.8. The van der Waals surface area contributed by atoms with Gasteiger partial charge in [-0.1, -0.05) is 13.0 Å². The Bertz CT molecular complexity index is 438. The van der Waals surface area contributed by atoms with Crippen LogP contribution in [-0.2, 0) is 11.2 Å². The highest BCUT2D eigenvalue weighted by Gasteiger charge is 2.18. The van der Waals surface area contributed by atoms with Crippen molar-refractivity contribution in [2.45, 2.75) is 27.2 Å². The zero-order valence-electron chi connectivity index (χ0n) is 10.6. The van der Waals surface area contributed by atoms with E-state index in [0.29, 0.717) is 12.2 Å². The summed E-state index contributed by atoms with van der Waals surface area (Å²) in [6.45, 7) is 5.31. The van der Waals surface area contributed by atoms with Crippen LogP contribution in [0.25, 0.3) is 0 Å². The molecule has 0 saturated heterocycles. The summed E-state index contributed by atoms with van der Waals surface area (Å²) in [6.07, 6.45) is 0.340. The Morgan fingerprint density at radius 2 is 2.06 bits per heavy atom. The fourth-order valence-electron chi connectivity index (χ4n) is 1.74. The number of carboxylic acids is 1. The number of ether oxygens (including phenoxy) is 1. The first kappa shape index (κ1) is 13.4. The number of carboxylic acid groups (broad SMARTS) is 1. The highest BCUT2D eigenvalue weighted by atomic mass is 16.5. The second-order valence-electron chi connectivity index (χ2n) is 4.30. The van der Waals surface area contributed by atoms with Crippen LogP contribution in [-0.4, -0.2) is 23.3 Å². The number of aryl methyl sites for hydroxylation is 1. The molecule has 4 nitrogen and oxygen atoms in total. The Kier molecular flexibility index (Phi) is 3.99. The highest BCUT2D eigenvalue weighted by molar-refractivity contribution is 5.70. The van der Waals surface area contributed by atoms with E-state index in [1.54, 1.807) is 13.8 Å². The van der Waals surface area contributed by atoms with Crippen molar-refractivity contribution < 1.29 is 19.7 Å².